The molecule has 1 aliphatic rings. The molecule has 7 nitrogen and oxygen atoms in total. The molecule has 0 radical (unpaired) electrons. The highest BCUT2D eigenvalue weighted by atomic mass is 35.5. The molecule has 1 aliphatic carbocycles. The molecule has 8 heteroatoms. The zero-order valence-electron chi connectivity index (χ0n) is 26.8. The van der Waals surface area contributed by atoms with Crippen LogP contribution in [0.3, 0.4) is 0 Å². The number of aryl methyl sites for hydroxylation is 2. The van der Waals surface area contributed by atoms with Gasteiger partial charge in [-0.15, -0.1) is 0 Å². The molecule has 45 heavy (non-hydrogen) atoms. The zero-order valence-corrected chi connectivity index (χ0v) is 27.5. The minimum Gasteiger partial charge on any atom is -0.338 e. The number of hydrogen-bond donors (Lipinski definition) is 1. The Bertz CT molecular complexity index is 1640. The number of urea groups is 1. The Morgan fingerprint density at radius 2 is 1.93 bits per heavy atom. The molecule has 0 bridgehead atoms. The number of amides is 2. The van der Waals surface area contributed by atoms with Crippen LogP contribution < -0.4 is 5.32 Å². The molecular formula is C37H43ClN6O. The summed E-state index contributed by atoms with van der Waals surface area (Å²) >= 11 is 6.27. The van der Waals surface area contributed by atoms with Gasteiger partial charge in [-0.2, -0.15) is 5.26 Å². The number of anilines is 1. The third-order valence-electron chi connectivity index (χ3n) is 8.23. The van der Waals surface area contributed by atoms with Crippen molar-refractivity contribution in [2.24, 2.45) is 13.0 Å². The lowest BCUT2D eigenvalue weighted by Gasteiger charge is -2.24. The summed E-state index contributed by atoms with van der Waals surface area (Å²) in [5, 5.41) is 12.4. The number of carbonyl (C=O) groups is 1. The van der Waals surface area contributed by atoms with E-state index in [4.69, 9.17) is 16.9 Å². The van der Waals surface area contributed by atoms with Gasteiger partial charge in [-0.05, 0) is 102 Å². The van der Waals surface area contributed by atoms with Crippen LogP contribution in [0.2, 0.25) is 5.02 Å². The van der Waals surface area contributed by atoms with Gasteiger partial charge in [0, 0.05) is 55.4 Å². The number of benzene rings is 2. The number of carbonyl (C=O) groups excluding carboxylic acids is 1. The Balaban J connectivity index is 0.000000207. The van der Waals surface area contributed by atoms with E-state index in [-0.39, 0.29) is 6.03 Å². The van der Waals surface area contributed by atoms with E-state index in [0.29, 0.717) is 11.5 Å². The summed E-state index contributed by atoms with van der Waals surface area (Å²) in [6, 6.07) is 19.2. The van der Waals surface area contributed by atoms with Gasteiger partial charge in [0.05, 0.1) is 23.7 Å². The van der Waals surface area contributed by atoms with E-state index in [0.717, 1.165) is 68.0 Å². The van der Waals surface area contributed by atoms with E-state index in [1.54, 1.807) is 24.3 Å². The number of pyridine rings is 1. The van der Waals surface area contributed by atoms with Gasteiger partial charge in [0.15, 0.2) is 0 Å². The summed E-state index contributed by atoms with van der Waals surface area (Å²) in [6.07, 6.45) is 13.8. The van der Waals surface area contributed by atoms with Crippen LogP contribution in [0.1, 0.15) is 80.1 Å². The van der Waals surface area contributed by atoms with Gasteiger partial charge in [0.2, 0.25) is 0 Å². The maximum Gasteiger partial charge on any atom is 0.321 e. The van der Waals surface area contributed by atoms with Crippen molar-refractivity contribution in [3.05, 3.63) is 112 Å². The van der Waals surface area contributed by atoms with Gasteiger partial charge < -0.3 is 14.8 Å². The first kappa shape index (κ1) is 33.5. The number of nitrogens with zero attached hydrogens (tertiary/aromatic N) is 5. The van der Waals surface area contributed by atoms with Gasteiger partial charge in [0.1, 0.15) is 0 Å². The number of nitriles is 1. The van der Waals surface area contributed by atoms with Crippen LogP contribution in [-0.2, 0) is 19.9 Å². The first-order valence-electron chi connectivity index (χ1n) is 15.8. The predicted octanol–water partition coefficient (Wildman–Crippen LogP) is 8.78. The van der Waals surface area contributed by atoms with Crippen LogP contribution >= 0.6 is 11.6 Å². The lowest BCUT2D eigenvalue weighted by atomic mass is 9.95. The van der Waals surface area contributed by atoms with Gasteiger partial charge >= 0.3 is 6.03 Å². The molecule has 0 saturated carbocycles. The predicted molar refractivity (Wildman–Crippen MR) is 184 cm³/mol. The number of nitrogens with one attached hydrogen (secondary N) is 1. The standard InChI is InChI=1S/C20H18ClN3.C17H25N3O/c1-24-13-22-12-18(24)7-5-14-9-16-3-2-8-23-20(16)10-15-4-6-17(21)11-19(14)15;1-4-11-20(12-10-14(3)5-2)17(21)19-16-8-6-15(13-18)7-9-16/h2-4,6,8-9,11-13H,5,7,10H2,1H3;6-9,14H,4-5,10-12H2,1-3H3,(H,19,21). The number of allylic oxidation sites excluding steroid dienone is 1. The second-order valence-corrected chi connectivity index (χ2v) is 12.0. The second kappa shape index (κ2) is 16.6. The molecular weight excluding hydrogens is 580 g/mol. The van der Waals surface area contributed by atoms with Crippen LogP contribution in [0.5, 0.6) is 0 Å². The molecule has 1 atom stereocenters. The molecule has 0 spiro atoms. The molecule has 0 saturated heterocycles. The van der Waals surface area contributed by atoms with Crippen LogP contribution in [0.4, 0.5) is 10.5 Å². The Kier molecular flexibility index (Phi) is 12.4. The normalized spacial score (nSPS) is 12.3. The third kappa shape index (κ3) is 9.54. The van der Waals surface area contributed by atoms with Crippen LogP contribution in [-0.4, -0.2) is 38.6 Å². The molecule has 1 unspecified atom stereocenters. The average Bonchev–Trinajstić information content (AvgIpc) is 3.40. The molecule has 0 fully saturated rings. The first-order valence-corrected chi connectivity index (χ1v) is 16.1. The zero-order chi connectivity index (χ0) is 32.2. The smallest absolute Gasteiger partial charge is 0.321 e. The Morgan fingerprint density at radius 3 is 2.62 bits per heavy atom. The van der Waals surface area contributed by atoms with Gasteiger partial charge in [-0.3, -0.25) is 4.98 Å². The lowest BCUT2D eigenvalue weighted by molar-refractivity contribution is 0.207. The number of imidazole rings is 1. The average molecular weight is 623 g/mol. The van der Waals surface area contributed by atoms with Crippen LogP contribution in [0.15, 0.2) is 73.3 Å². The minimum atomic E-state index is -0.0649. The maximum atomic E-state index is 12.3. The van der Waals surface area contributed by atoms with Crippen molar-refractivity contribution >= 4 is 35.0 Å². The van der Waals surface area contributed by atoms with Crippen LogP contribution in [0.25, 0.3) is 11.6 Å². The van der Waals surface area contributed by atoms with Gasteiger partial charge in [0.25, 0.3) is 0 Å². The first-order chi connectivity index (χ1) is 21.8. The highest BCUT2D eigenvalue weighted by Crippen LogP contribution is 2.33. The molecule has 1 N–H and O–H groups in total. The number of hydrogen-bond acceptors (Lipinski definition) is 4. The minimum absolute atomic E-state index is 0.0649. The second-order valence-electron chi connectivity index (χ2n) is 11.6. The molecule has 5 rings (SSSR count). The monoisotopic (exact) mass is 622 g/mol. The summed E-state index contributed by atoms with van der Waals surface area (Å²) in [6.45, 7) is 8.00. The molecule has 4 aromatic rings. The summed E-state index contributed by atoms with van der Waals surface area (Å²) < 4.78 is 2.08. The molecule has 2 heterocycles. The van der Waals surface area contributed by atoms with E-state index in [1.807, 2.05) is 42.8 Å². The number of aromatic nitrogens is 3. The van der Waals surface area contributed by atoms with Crippen molar-refractivity contribution in [2.45, 2.75) is 59.3 Å². The van der Waals surface area contributed by atoms with Crippen molar-refractivity contribution in [3.63, 3.8) is 0 Å². The van der Waals surface area contributed by atoms with Gasteiger partial charge in [-0.25, -0.2) is 9.78 Å². The van der Waals surface area contributed by atoms with Crippen molar-refractivity contribution in [3.8, 4) is 6.07 Å². The van der Waals surface area contributed by atoms with Crippen molar-refractivity contribution in [1.29, 1.82) is 5.26 Å². The van der Waals surface area contributed by atoms with Crippen LogP contribution in [0, 0.1) is 17.2 Å². The lowest BCUT2D eigenvalue weighted by Crippen LogP contribution is -2.36. The quantitative estimate of drug-likeness (QED) is 0.191. The molecule has 2 amide bonds. The number of halogens is 1. The summed E-state index contributed by atoms with van der Waals surface area (Å²) in [7, 11) is 2.04. The molecule has 0 aliphatic heterocycles. The Morgan fingerprint density at radius 1 is 1.13 bits per heavy atom. The van der Waals surface area contributed by atoms with E-state index in [9.17, 15) is 4.79 Å². The Hall–Kier alpha value is -4.41. The highest BCUT2D eigenvalue weighted by molar-refractivity contribution is 6.30. The third-order valence-corrected chi connectivity index (χ3v) is 8.47. The summed E-state index contributed by atoms with van der Waals surface area (Å²) in [5.41, 5.74) is 8.70. The van der Waals surface area contributed by atoms with Crippen molar-refractivity contribution in [1.82, 2.24) is 19.4 Å². The van der Waals surface area contributed by atoms with E-state index in [2.05, 4.69) is 71.0 Å². The van der Waals surface area contributed by atoms with E-state index >= 15 is 0 Å². The summed E-state index contributed by atoms with van der Waals surface area (Å²) in [5.74, 6) is 0.632. The Labute approximate surface area is 272 Å². The van der Waals surface area contributed by atoms with E-state index in [1.165, 1.54) is 28.0 Å². The fourth-order valence-corrected chi connectivity index (χ4v) is 5.44. The largest absolute Gasteiger partial charge is 0.338 e. The SMILES string of the molecule is CCCN(CCC(C)CC)C(=O)Nc1ccc(C#N)cc1.Cn1cncc1CCC1=Cc2cccnc2Cc2ccc(Cl)cc21. The van der Waals surface area contributed by atoms with Crippen molar-refractivity contribution < 1.29 is 4.79 Å². The fraction of sp³-hybridized carbons (Fsp3) is 0.351. The number of rotatable bonds is 10. The maximum absolute atomic E-state index is 12.3. The highest BCUT2D eigenvalue weighted by Gasteiger charge is 2.17. The molecule has 2 aromatic carbocycles. The van der Waals surface area contributed by atoms with Crippen molar-refractivity contribution in [2.75, 3.05) is 18.4 Å². The molecule has 234 valence electrons. The van der Waals surface area contributed by atoms with Gasteiger partial charge in [-0.1, -0.05) is 50.9 Å². The number of fused-ring (bicyclic) bond motifs is 2. The molecule has 2 aromatic heterocycles. The summed E-state index contributed by atoms with van der Waals surface area (Å²) in [4.78, 5) is 23.0. The topological polar surface area (TPSA) is 86.8 Å². The fourth-order valence-electron chi connectivity index (χ4n) is 5.27. The van der Waals surface area contributed by atoms with E-state index < -0.39 is 0 Å².